The van der Waals surface area contributed by atoms with E-state index in [0.29, 0.717) is 0 Å². The molecule has 0 amide bonds. The van der Waals surface area contributed by atoms with E-state index in [1.165, 1.54) is 5.56 Å². The highest BCUT2D eigenvalue weighted by atomic mass is 79.9. The lowest BCUT2D eigenvalue weighted by Gasteiger charge is -2.00. The summed E-state index contributed by atoms with van der Waals surface area (Å²) in [6.07, 6.45) is 3.58. The Kier molecular flexibility index (Phi) is 3.44. The Balaban J connectivity index is 2.02. The summed E-state index contributed by atoms with van der Waals surface area (Å²) in [5.74, 6) is 0. The van der Waals surface area contributed by atoms with Gasteiger partial charge in [-0.1, -0.05) is 23.7 Å². The Morgan fingerprint density at radius 2 is 2.20 bits per heavy atom. The Bertz CT molecular complexity index is 453. The Hall–Kier alpha value is -0.800. The molecule has 2 aromatic rings. The van der Waals surface area contributed by atoms with Crippen molar-refractivity contribution in [3.05, 3.63) is 51.5 Å². The first-order valence-corrected chi connectivity index (χ1v) is 5.85. The molecule has 0 unspecified atom stereocenters. The van der Waals surface area contributed by atoms with Crippen molar-refractivity contribution in [3.63, 3.8) is 0 Å². The molecule has 2 rings (SSSR count). The maximum absolute atomic E-state index is 5.91. The quantitative estimate of drug-likeness (QED) is 0.917. The number of aromatic nitrogens is 2. The normalized spacial score (nSPS) is 10.5. The van der Waals surface area contributed by atoms with Crippen LogP contribution in [0.3, 0.4) is 0 Å². The fourth-order valence-electron chi connectivity index (χ4n) is 1.44. The molecule has 0 atom stereocenters. The van der Waals surface area contributed by atoms with Crippen LogP contribution < -0.4 is 0 Å². The average Bonchev–Trinajstić information content (AvgIpc) is 2.61. The van der Waals surface area contributed by atoms with E-state index in [-0.39, 0.29) is 0 Å². The van der Waals surface area contributed by atoms with Gasteiger partial charge >= 0.3 is 0 Å². The molecular weight excluding hydrogens is 275 g/mol. The lowest BCUT2D eigenvalue weighted by atomic mass is 10.1. The fourth-order valence-corrected chi connectivity index (χ4v) is 2.07. The SMILES string of the molecule is Clc1cccc(CCc2[nH]cnc2Br)c1. The summed E-state index contributed by atoms with van der Waals surface area (Å²) in [6, 6.07) is 7.93. The van der Waals surface area contributed by atoms with Crippen molar-refractivity contribution in [1.29, 1.82) is 0 Å². The Morgan fingerprint density at radius 1 is 1.33 bits per heavy atom. The van der Waals surface area contributed by atoms with Crippen LogP contribution in [0.5, 0.6) is 0 Å². The monoisotopic (exact) mass is 284 g/mol. The van der Waals surface area contributed by atoms with Crippen LogP contribution in [0, 0.1) is 0 Å². The minimum Gasteiger partial charge on any atom is -0.348 e. The van der Waals surface area contributed by atoms with Crippen molar-refractivity contribution < 1.29 is 0 Å². The molecule has 1 heterocycles. The van der Waals surface area contributed by atoms with Gasteiger partial charge in [-0.05, 0) is 46.5 Å². The maximum Gasteiger partial charge on any atom is 0.127 e. The molecule has 0 aliphatic rings. The number of imidazole rings is 1. The molecule has 0 saturated heterocycles. The third kappa shape index (κ3) is 2.83. The second kappa shape index (κ2) is 4.81. The minimum atomic E-state index is 0.788. The molecule has 0 radical (unpaired) electrons. The van der Waals surface area contributed by atoms with Gasteiger partial charge in [-0.2, -0.15) is 0 Å². The lowest BCUT2D eigenvalue weighted by molar-refractivity contribution is 0.919. The standard InChI is InChI=1S/C11H10BrClN2/c12-11-10(14-7-15-11)5-4-8-2-1-3-9(13)6-8/h1-3,6-7H,4-5H2,(H,14,15). The zero-order valence-corrected chi connectivity index (χ0v) is 10.3. The molecule has 1 N–H and O–H groups in total. The topological polar surface area (TPSA) is 28.7 Å². The van der Waals surface area contributed by atoms with Gasteiger partial charge in [0.2, 0.25) is 0 Å². The first-order valence-electron chi connectivity index (χ1n) is 4.68. The molecule has 1 aromatic carbocycles. The second-order valence-electron chi connectivity index (χ2n) is 3.30. The number of hydrogen-bond acceptors (Lipinski definition) is 1. The van der Waals surface area contributed by atoms with Gasteiger partial charge in [0.05, 0.1) is 6.33 Å². The Morgan fingerprint density at radius 3 is 2.87 bits per heavy atom. The van der Waals surface area contributed by atoms with Crippen LogP contribution in [0.25, 0.3) is 0 Å². The number of halogens is 2. The Labute approximate surface area is 102 Å². The molecular formula is C11H10BrClN2. The van der Waals surface area contributed by atoms with Crippen LogP contribution in [0.2, 0.25) is 5.02 Å². The molecule has 0 aliphatic carbocycles. The summed E-state index contributed by atoms with van der Waals surface area (Å²) in [5, 5.41) is 0.788. The lowest BCUT2D eigenvalue weighted by Crippen LogP contribution is -1.92. The van der Waals surface area contributed by atoms with E-state index in [2.05, 4.69) is 32.0 Å². The van der Waals surface area contributed by atoms with Gasteiger partial charge in [-0.25, -0.2) is 4.98 Å². The smallest absolute Gasteiger partial charge is 0.127 e. The number of H-pyrrole nitrogens is 1. The highest BCUT2D eigenvalue weighted by Crippen LogP contribution is 2.16. The second-order valence-corrected chi connectivity index (χ2v) is 4.49. The summed E-state index contributed by atoms with van der Waals surface area (Å²) in [7, 11) is 0. The minimum absolute atomic E-state index is 0.788. The van der Waals surface area contributed by atoms with Crippen LogP contribution in [0.4, 0.5) is 0 Å². The number of hydrogen-bond donors (Lipinski definition) is 1. The van der Waals surface area contributed by atoms with Crippen LogP contribution in [0.15, 0.2) is 35.2 Å². The molecule has 1 aromatic heterocycles. The van der Waals surface area contributed by atoms with Crippen LogP contribution in [-0.4, -0.2) is 9.97 Å². The number of nitrogens with one attached hydrogen (secondary N) is 1. The molecule has 0 aliphatic heterocycles. The predicted octanol–water partition coefficient (Wildman–Crippen LogP) is 3.61. The van der Waals surface area contributed by atoms with Gasteiger partial charge in [0.15, 0.2) is 0 Å². The zero-order valence-electron chi connectivity index (χ0n) is 8.00. The molecule has 0 saturated carbocycles. The molecule has 2 nitrogen and oxygen atoms in total. The number of benzene rings is 1. The van der Waals surface area contributed by atoms with Crippen LogP contribution in [0.1, 0.15) is 11.3 Å². The van der Waals surface area contributed by atoms with E-state index in [0.717, 1.165) is 28.2 Å². The van der Waals surface area contributed by atoms with E-state index >= 15 is 0 Å². The summed E-state index contributed by atoms with van der Waals surface area (Å²) in [6.45, 7) is 0. The highest BCUT2D eigenvalue weighted by molar-refractivity contribution is 9.10. The summed E-state index contributed by atoms with van der Waals surface area (Å²) >= 11 is 9.29. The average molecular weight is 286 g/mol. The van der Waals surface area contributed by atoms with Crippen molar-refractivity contribution in [3.8, 4) is 0 Å². The summed E-state index contributed by atoms with van der Waals surface area (Å²) in [5.41, 5.74) is 2.36. The van der Waals surface area contributed by atoms with Crippen LogP contribution in [-0.2, 0) is 12.8 Å². The summed E-state index contributed by atoms with van der Waals surface area (Å²) < 4.78 is 0.893. The maximum atomic E-state index is 5.91. The van der Waals surface area contributed by atoms with Crippen molar-refractivity contribution >= 4 is 27.5 Å². The van der Waals surface area contributed by atoms with Crippen molar-refractivity contribution in [2.45, 2.75) is 12.8 Å². The van der Waals surface area contributed by atoms with Crippen LogP contribution >= 0.6 is 27.5 Å². The van der Waals surface area contributed by atoms with Gasteiger partial charge < -0.3 is 4.98 Å². The highest BCUT2D eigenvalue weighted by Gasteiger charge is 2.02. The fraction of sp³-hybridized carbons (Fsp3) is 0.182. The van der Waals surface area contributed by atoms with E-state index in [1.54, 1.807) is 6.33 Å². The number of nitrogens with zero attached hydrogens (tertiary/aromatic N) is 1. The first-order chi connectivity index (χ1) is 7.25. The predicted molar refractivity (Wildman–Crippen MR) is 65.1 cm³/mol. The van der Waals surface area contributed by atoms with Crippen molar-refractivity contribution in [1.82, 2.24) is 9.97 Å². The van der Waals surface area contributed by atoms with Gasteiger partial charge in [0.25, 0.3) is 0 Å². The molecule has 78 valence electrons. The van der Waals surface area contributed by atoms with E-state index in [4.69, 9.17) is 11.6 Å². The number of rotatable bonds is 3. The van der Waals surface area contributed by atoms with Gasteiger partial charge in [-0.15, -0.1) is 0 Å². The summed E-state index contributed by atoms with van der Waals surface area (Å²) in [4.78, 5) is 7.18. The number of aromatic amines is 1. The van der Waals surface area contributed by atoms with Gasteiger partial charge in [0.1, 0.15) is 4.60 Å². The molecule has 0 fully saturated rings. The van der Waals surface area contributed by atoms with E-state index in [1.807, 2.05) is 18.2 Å². The van der Waals surface area contributed by atoms with Gasteiger partial charge in [-0.3, -0.25) is 0 Å². The largest absolute Gasteiger partial charge is 0.348 e. The molecule has 0 bridgehead atoms. The van der Waals surface area contributed by atoms with Crippen molar-refractivity contribution in [2.24, 2.45) is 0 Å². The molecule has 0 spiro atoms. The third-order valence-corrected chi connectivity index (χ3v) is 3.14. The van der Waals surface area contributed by atoms with E-state index in [9.17, 15) is 0 Å². The van der Waals surface area contributed by atoms with E-state index < -0.39 is 0 Å². The third-order valence-electron chi connectivity index (χ3n) is 2.22. The van der Waals surface area contributed by atoms with Crippen molar-refractivity contribution in [2.75, 3.05) is 0 Å². The molecule has 15 heavy (non-hydrogen) atoms. The van der Waals surface area contributed by atoms with Gasteiger partial charge in [0, 0.05) is 10.7 Å². The zero-order chi connectivity index (χ0) is 10.7. The first kappa shape index (κ1) is 10.7. The number of aryl methyl sites for hydroxylation is 2. The molecule has 4 heteroatoms.